The van der Waals surface area contributed by atoms with E-state index >= 15 is 0 Å². The molecule has 52 heavy (non-hydrogen) atoms. The van der Waals surface area contributed by atoms with Crippen molar-refractivity contribution in [3.8, 4) is 33.6 Å². The minimum atomic E-state index is -1.01. The molecule has 3 heterocycles. The van der Waals surface area contributed by atoms with Gasteiger partial charge in [0.1, 0.15) is 0 Å². The van der Waals surface area contributed by atoms with E-state index in [2.05, 4.69) is 0 Å². The fourth-order valence-electron chi connectivity index (χ4n) is 6.40. The van der Waals surface area contributed by atoms with Gasteiger partial charge in [0, 0.05) is 53.1 Å². The molecule has 0 fully saturated rings. The van der Waals surface area contributed by atoms with Crippen LogP contribution in [-0.4, -0.2) is 9.13 Å². The van der Waals surface area contributed by atoms with Crippen molar-refractivity contribution in [1.29, 1.82) is 0 Å². The highest BCUT2D eigenvalue weighted by Gasteiger charge is 2.17. The molecule has 0 aliphatic carbocycles. The highest BCUT2D eigenvalue weighted by molar-refractivity contribution is 7.26. The molecule has 0 radical (unpaired) electrons. The number of para-hydroxylation sites is 3. The summed E-state index contributed by atoms with van der Waals surface area (Å²) in [6, 6.07) is -24.0. The first-order chi connectivity index (χ1) is 37.8. The zero-order valence-electron chi connectivity index (χ0n) is 55.3. The van der Waals surface area contributed by atoms with Crippen LogP contribution in [0.25, 0.3) is 97.4 Å². The Morgan fingerprint density at radius 2 is 0.981 bits per heavy atom. The maximum absolute atomic E-state index is 9.98. The summed E-state index contributed by atoms with van der Waals surface area (Å²) in [7, 11) is 0. The van der Waals surface area contributed by atoms with E-state index in [4.69, 9.17) is 24.7 Å². The van der Waals surface area contributed by atoms with Crippen LogP contribution in [0.5, 0.6) is 0 Å². The summed E-state index contributed by atoms with van der Waals surface area (Å²) >= 11 is 0.651. The normalized spacial score (nSPS) is 19.8. The van der Waals surface area contributed by atoms with E-state index in [0.717, 1.165) is 9.13 Å². The summed E-state index contributed by atoms with van der Waals surface area (Å²) in [5.41, 5.74) is -6.89. The average Bonchev–Trinajstić information content (AvgIpc) is 4.35. The van der Waals surface area contributed by atoms with Gasteiger partial charge in [-0.05, 0) is 95.2 Å². The zero-order valence-corrected chi connectivity index (χ0v) is 27.1. The van der Waals surface area contributed by atoms with E-state index in [9.17, 15) is 15.1 Å². The molecule has 3 aromatic heterocycles. The molecule has 8 aromatic carbocycles. The molecule has 0 bridgehead atoms. The number of fused-ring (bicyclic) bond motifs is 9. The quantitative estimate of drug-likeness (QED) is 0.172. The van der Waals surface area contributed by atoms with E-state index in [-0.39, 0.29) is 25.7 Å². The summed E-state index contributed by atoms with van der Waals surface area (Å²) < 4.78 is 264. The highest BCUT2D eigenvalue weighted by atomic mass is 32.1. The van der Waals surface area contributed by atoms with Crippen molar-refractivity contribution in [3.05, 3.63) is 181 Å². The maximum atomic E-state index is 9.98. The third-order valence-corrected chi connectivity index (χ3v) is 9.67. The second-order valence-electron chi connectivity index (χ2n) is 11.5. The smallest absolute Gasteiger partial charge is 0.0652 e. The molecular weight excluding hydrogens is 649 g/mol. The molecule has 11 aromatic rings. The van der Waals surface area contributed by atoms with Gasteiger partial charge in [0.15, 0.2) is 0 Å². The number of hydrogen-bond donors (Lipinski definition) is 0. The van der Waals surface area contributed by atoms with Gasteiger partial charge in [-0.1, -0.05) is 115 Å². The molecule has 0 saturated carbocycles. The molecule has 11 rings (SSSR count). The number of benzene rings is 8. The zero-order chi connectivity index (χ0) is 59.6. The number of nitrogens with zero attached hydrogens (tertiary/aromatic N) is 2. The van der Waals surface area contributed by atoms with E-state index in [1.165, 1.54) is 6.92 Å². The van der Waals surface area contributed by atoms with Gasteiger partial charge in [-0.2, -0.15) is 0 Å². The largest absolute Gasteiger partial charge is 0.309 e. The molecule has 0 amide bonds. The number of hydrogen-bond acceptors (Lipinski definition) is 1. The predicted octanol–water partition coefficient (Wildman–Crippen LogP) is 13.9. The Kier molecular flexibility index (Phi) is 2.75. The van der Waals surface area contributed by atoms with E-state index in [0.29, 0.717) is 11.3 Å². The van der Waals surface area contributed by atoms with Crippen molar-refractivity contribution in [3.63, 3.8) is 0 Å². The summed E-state index contributed by atoms with van der Waals surface area (Å²) in [5.74, 6) is 0. The van der Waals surface area contributed by atoms with Gasteiger partial charge in [-0.15, -0.1) is 11.3 Å². The Hall–Kier alpha value is -6.42. The van der Waals surface area contributed by atoms with E-state index in [1.54, 1.807) is 0 Å². The fraction of sp³-hybridized carbons (Fsp3) is 0.0204. The van der Waals surface area contributed by atoms with Gasteiger partial charge in [0.25, 0.3) is 0 Å². The van der Waals surface area contributed by atoms with E-state index in [1.807, 2.05) is 0 Å². The maximum Gasteiger partial charge on any atom is 0.0652 e. The lowest BCUT2D eigenvalue weighted by molar-refractivity contribution is 1.16. The molecule has 2 nitrogen and oxygen atoms in total. The minimum Gasteiger partial charge on any atom is -0.309 e. The SMILES string of the molecule is [2H]c1c([2H])c(-c2c([2H])c(C)c([2H])c(-n3c4c([2H])c([2H])c([2H])c([2H])c4c4c([2H])c(-n5c6c([2H])c([2H])c([2H])c([2H])c6c6c([2H])c([2H])c([2H])c([2H])c65)c([2H])c([2H])c43)c2[2H])c([2H])c(-c2c([2H])c([2H])c([2H])c3c2sc2c([2H])c([2H])c([2H])c([2H])c23)c1[2H]. The Morgan fingerprint density at radius 1 is 0.404 bits per heavy atom. The molecule has 0 spiro atoms. The third kappa shape index (κ3) is 4.36. The minimum absolute atomic E-state index is 0.113. The van der Waals surface area contributed by atoms with Gasteiger partial charge >= 0.3 is 0 Å². The highest BCUT2D eigenvalue weighted by Crippen LogP contribution is 2.42. The monoisotopic (exact) mass is 709 g/mol. The number of aromatic nitrogens is 2. The van der Waals surface area contributed by atoms with Crippen molar-refractivity contribution in [2.45, 2.75) is 6.92 Å². The number of rotatable bonds is 4. The summed E-state index contributed by atoms with van der Waals surface area (Å²) in [6.07, 6.45) is 0. The van der Waals surface area contributed by atoms with Crippen molar-refractivity contribution < 1.29 is 39.8 Å². The average molecular weight is 710 g/mol. The van der Waals surface area contributed by atoms with E-state index < -0.39 is 252 Å². The summed E-state index contributed by atoms with van der Waals surface area (Å²) in [4.78, 5) is 0. The van der Waals surface area contributed by atoms with Gasteiger partial charge in [0.05, 0.1) is 61.8 Å². The molecule has 0 N–H and O–H groups in total. The molecule has 0 saturated heterocycles. The fourth-order valence-corrected chi connectivity index (χ4v) is 7.47. The molecule has 0 aliphatic rings. The third-order valence-electron chi connectivity index (χ3n) is 8.55. The van der Waals surface area contributed by atoms with Crippen LogP contribution in [0.15, 0.2) is 175 Å². The van der Waals surface area contributed by atoms with Crippen molar-refractivity contribution >= 4 is 75.1 Å². The van der Waals surface area contributed by atoms with Gasteiger partial charge in [-0.25, -0.2) is 0 Å². The Balaban J connectivity index is 1.31. The van der Waals surface area contributed by atoms with Crippen molar-refractivity contribution in [2.24, 2.45) is 0 Å². The van der Waals surface area contributed by atoms with Crippen LogP contribution in [0.1, 0.15) is 45.3 Å². The molecule has 3 heteroatoms. The van der Waals surface area contributed by atoms with Gasteiger partial charge < -0.3 is 9.13 Å². The summed E-state index contributed by atoms with van der Waals surface area (Å²) in [6.45, 7) is 1.20. The van der Waals surface area contributed by atoms with Crippen LogP contribution in [0.2, 0.25) is 0 Å². The molecule has 0 unspecified atom stereocenters. The van der Waals surface area contributed by atoms with Crippen LogP contribution in [-0.2, 0) is 0 Å². The van der Waals surface area contributed by atoms with Gasteiger partial charge in [0.2, 0.25) is 0 Å². The van der Waals surface area contributed by atoms with Crippen LogP contribution < -0.4 is 0 Å². The lowest BCUT2D eigenvalue weighted by Gasteiger charge is -2.14. The van der Waals surface area contributed by atoms with Crippen molar-refractivity contribution in [1.82, 2.24) is 9.13 Å². The second kappa shape index (κ2) is 11.3. The van der Waals surface area contributed by atoms with Crippen molar-refractivity contribution in [2.75, 3.05) is 0 Å². The first kappa shape index (κ1) is 12.7. The Bertz CT molecular complexity index is 4800. The predicted molar refractivity (Wildman–Crippen MR) is 224 cm³/mol. The Labute approximate surface area is 345 Å². The van der Waals surface area contributed by atoms with Gasteiger partial charge in [-0.3, -0.25) is 0 Å². The van der Waals surface area contributed by atoms with Crippen LogP contribution in [0, 0.1) is 6.92 Å². The Morgan fingerprint density at radius 3 is 1.73 bits per heavy atom. The van der Waals surface area contributed by atoms with Crippen LogP contribution in [0.3, 0.4) is 0 Å². The van der Waals surface area contributed by atoms with Crippen LogP contribution in [0.4, 0.5) is 0 Å². The van der Waals surface area contributed by atoms with Crippen LogP contribution >= 0.6 is 11.3 Å². The molecule has 0 aliphatic heterocycles. The first-order valence-electron chi connectivity index (χ1n) is 30.0. The molecule has 244 valence electrons. The molecular formula is C49H32N2S. The second-order valence-corrected chi connectivity index (χ2v) is 12.5. The first-order valence-corrected chi connectivity index (χ1v) is 16.3. The summed E-state index contributed by atoms with van der Waals surface area (Å²) in [5, 5.41) is -2.55. The molecule has 0 atom stereocenters. The lowest BCUT2D eigenvalue weighted by Crippen LogP contribution is -1.97. The topological polar surface area (TPSA) is 9.86 Å². The standard InChI is InChI=1S/C49H32N2S/c1-31-26-34(32-12-10-13-33(28-32)37-18-11-19-42-41-17-5-9-23-48(41)52-49(37)42)29-36(27-31)51-46-22-8-4-16-40(46)43-30-35(24-25-47(43)51)50-44-20-6-2-14-38(44)39-15-3-7-21-45(39)50/h2-30H,1H3/i2D,3D,4D,5D,6D,7D,8D,9D,10D,11D,12D,13D,14D,15D,16D,17D,18D,19D,20D,21D,22D,23D,24D,25D,26D,27D,28D,29D,30D. The lowest BCUT2D eigenvalue weighted by atomic mass is 9.96. The number of thiophene rings is 1.